The zero-order valence-corrected chi connectivity index (χ0v) is 8.52. The van der Waals surface area contributed by atoms with Crippen LogP contribution in [-0.4, -0.2) is 23.8 Å². The maximum Gasteiger partial charge on any atom is 0.292 e. The summed E-state index contributed by atoms with van der Waals surface area (Å²) in [7, 11) is 0. The van der Waals surface area contributed by atoms with Crippen LogP contribution in [0, 0.1) is 10.1 Å². The van der Waals surface area contributed by atoms with Gasteiger partial charge < -0.3 is 11.1 Å². The minimum atomic E-state index is -2.70. The number of nitro benzene ring substituents is 1. The number of amides is 1. The van der Waals surface area contributed by atoms with Gasteiger partial charge in [-0.15, -0.1) is 0 Å². The molecule has 0 radical (unpaired) electrons. The number of nitro groups is 1. The third kappa shape index (κ3) is 3.10. The Bertz CT molecular complexity index is 451. The van der Waals surface area contributed by atoms with Crippen LogP contribution < -0.4 is 11.1 Å². The molecule has 0 saturated heterocycles. The number of rotatable bonds is 4. The SMILES string of the molecule is Nc1c(C(=O)NCC(F)F)cccc1[N+](=O)[O-]. The van der Waals surface area contributed by atoms with Crippen molar-refractivity contribution in [2.75, 3.05) is 12.3 Å². The number of anilines is 1. The molecule has 0 saturated carbocycles. The van der Waals surface area contributed by atoms with Crippen molar-refractivity contribution < 1.29 is 18.5 Å². The van der Waals surface area contributed by atoms with Gasteiger partial charge in [-0.05, 0) is 6.07 Å². The van der Waals surface area contributed by atoms with E-state index in [2.05, 4.69) is 0 Å². The van der Waals surface area contributed by atoms with Crippen molar-refractivity contribution in [1.29, 1.82) is 0 Å². The fourth-order valence-electron chi connectivity index (χ4n) is 1.18. The van der Waals surface area contributed by atoms with Crippen molar-refractivity contribution in [2.45, 2.75) is 6.43 Å². The van der Waals surface area contributed by atoms with Gasteiger partial charge in [-0.25, -0.2) is 8.78 Å². The Labute approximate surface area is 94.6 Å². The van der Waals surface area contributed by atoms with Gasteiger partial charge >= 0.3 is 0 Å². The molecule has 0 bridgehead atoms. The fraction of sp³-hybridized carbons (Fsp3) is 0.222. The molecular weight excluding hydrogens is 236 g/mol. The second-order valence-electron chi connectivity index (χ2n) is 3.10. The first-order valence-electron chi connectivity index (χ1n) is 4.52. The topological polar surface area (TPSA) is 98.3 Å². The van der Waals surface area contributed by atoms with Crippen LogP contribution in [0.3, 0.4) is 0 Å². The smallest absolute Gasteiger partial charge is 0.292 e. The molecule has 0 aliphatic rings. The molecule has 1 rings (SSSR count). The van der Waals surface area contributed by atoms with Crippen LogP contribution in [-0.2, 0) is 0 Å². The van der Waals surface area contributed by atoms with E-state index < -0.39 is 29.5 Å². The molecule has 1 amide bonds. The number of carbonyl (C=O) groups excluding carboxylic acids is 1. The average Bonchev–Trinajstić information content (AvgIpc) is 2.25. The van der Waals surface area contributed by atoms with Crippen LogP contribution in [0.1, 0.15) is 10.4 Å². The number of para-hydroxylation sites is 1. The molecule has 0 spiro atoms. The fourth-order valence-corrected chi connectivity index (χ4v) is 1.18. The van der Waals surface area contributed by atoms with Crippen LogP contribution >= 0.6 is 0 Å². The summed E-state index contributed by atoms with van der Waals surface area (Å²) in [6.07, 6.45) is -2.70. The summed E-state index contributed by atoms with van der Waals surface area (Å²) in [5.41, 5.74) is 4.43. The number of carbonyl (C=O) groups is 1. The Kier molecular flexibility index (Phi) is 3.91. The first-order chi connectivity index (χ1) is 7.93. The number of nitrogens with one attached hydrogen (secondary N) is 1. The monoisotopic (exact) mass is 245 g/mol. The summed E-state index contributed by atoms with van der Waals surface area (Å²) < 4.78 is 23.7. The van der Waals surface area contributed by atoms with Gasteiger partial charge in [0, 0.05) is 6.07 Å². The highest BCUT2D eigenvalue weighted by Gasteiger charge is 2.19. The van der Waals surface area contributed by atoms with E-state index in [9.17, 15) is 23.7 Å². The quantitative estimate of drug-likeness (QED) is 0.472. The van der Waals surface area contributed by atoms with Crippen molar-refractivity contribution in [3.05, 3.63) is 33.9 Å². The highest BCUT2D eigenvalue weighted by atomic mass is 19.3. The molecule has 0 aromatic heterocycles. The van der Waals surface area contributed by atoms with Crippen molar-refractivity contribution in [3.8, 4) is 0 Å². The van der Waals surface area contributed by atoms with Gasteiger partial charge in [-0.1, -0.05) is 6.07 Å². The van der Waals surface area contributed by atoms with E-state index in [1.165, 1.54) is 12.1 Å². The minimum Gasteiger partial charge on any atom is -0.393 e. The Hall–Kier alpha value is -2.25. The predicted molar refractivity (Wildman–Crippen MR) is 55.8 cm³/mol. The average molecular weight is 245 g/mol. The summed E-state index contributed by atoms with van der Waals surface area (Å²) in [4.78, 5) is 21.2. The van der Waals surface area contributed by atoms with E-state index in [-0.39, 0.29) is 11.3 Å². The summed E-state index contributed by atoms with van der Waals surface area (Å²) >= 11 is 0. The summed E-state index contributed by atoms with van der Waals surface area (Å²) in [5, 5.41) is 12.5. The first-order valence-corrected chi connectivity index (χ1v) is 4.52. The molecule has 1 aromatic rings. The number of halogens is 2. The normalized spacial score (nSPS) is 10.3. The lowest BCUT2D eigenvalue weighted by Gasteiger charge is -2.06. The lowest BCUT2D eigenvalue weighted by Crippen LogP contribution is -2.29. The van der Waals surface area contributed by atoms with E-state index in [4.69, 9.17) is 5.73 Å². The van der Waals surface area contributed by atoms with E-state index in [1.807, 2.05) is 5.32 Å². The number of alkyl halides is 2. The molecule has 17 heavy (non-hydrogen) atoms. The number of hydrogen-bond acceptors (Lipinski definition) is 4. The van der Waals surface area contributed by atoms with E-state index in [0.29, 0.717) is 0 Å². The molecule has 0 aliphatic carbocycles. The molecular formula is C9H9F2N3O3. The van der Waals surface area contributed by atoms with Crippen LogP contribution in [0.25, 0.3) is 0 Å². The van der Waals surface area contributed by atoms with E-state index in [1.54, 1.807) is 0 Å². The highest BCUT2D eigenvalue weighted by Crippen LogP contribution is 2.24. The molecule has 1 aromatic carbocycles. The molecule has 3 N–H and O–H groups in total. The van der Waals surface area contributed by atoms with Gasteiger partial charge in [0.1, 0.15) is 5.69 Å². The van der Waals surface area contributed by atoms with Crippen LogP contribution in [0.4, 0.5) is 20.2 Å². The molecule has 0 atom stereocenters. The molecule has 0 heterocycles. The number of nitrogen functional groups attached to an aromatic ring is 1. The Morgan fingerprint density at radius 3 is 2.71 bits per heavy atom. The highest BCUT2D eigenvalue weighted by molar-refractivity contribution is 6.00. The van der Waals surface area contributed by atoms with Crippen molar-refractivity contribution in [2.24, 2.45) is 0 Å². The zero-order chi connectivity index (χ0) is 13.0. The van der Waals surface area contributed by atoms with Crippen LogP contribution in [0.5, 0.6) is 0 Å². The molecule has 6 nitrogen and oxygen atoms in total. The lowest BCUT2D eigenvalue weighted by molar-refractivity contribution is -0.383. The number of hydrogen-bond donors (Lipinski definition) is 2. The Balaban J connectivity index is 2.95. The zero-order valence-electron chi connectivity index (χ0n) is 8.52. The summed E-state index contributed by atoms with van der Waals surface area (Å²) in [5.74, 6) is -0.869. The van der Waals surface area contributed by atoms with Crippen molar-refractivity contribution >= 4 is 17.3 Å². The van der Waals surface area contributed by atoms with Crippen LogP contribution in [0.15, 0.2) is 18.2 Å². The minimum absolute atomic E-state index is 0.195. The van der Waals surface area contributed by atoms with E-state index >= 15 is 0 Å². The second-order valence-corrected chi connectivity index (χ2v) is 3.10. The maximum atomic E-state index is 11.9. The molecule has 0 unspecified atom stereocenters. The third-order valence-corrected chi connectivity index (χ3v) is 1.94. The van der Waals surface area contributed by atoms with Gasteiger partial charge in [0.05, 0.1) is 17.0 Å². The maximum absolute atomic E-state index is 11.9. The third-order valence-electron chi connectivity index (χ3n) is 1.94. The summed E-state index contributed by atoms with van der Waals surface area (Å²) in [6.45, 7) is -0.832. The molecule has 92 valence electrons. The summed E-state index contributed by atoms with van der Waals surface area (Å²) in [6, 6.07) is 3.61. The number of nitrogens with zero attached hydrogens (tertiary/aromatic N) is 1. The largest absolute Gasteiger partial charge is 0.393 e. The molecule has 8 heteroatoms. The van der Waals surface area contributed by atoms with Gasteiger partial charge in [-0.2, -0.15) is 0 Å². The first kappa shape index (κ1) is 12.8. The standard InChI is InChI=1S/C9H9F2N3O3/c10-7(11)4-13-9(15)5-2-1-3-6(8(5)12)14(16)17/h1-3,7H,4,12H2,(H,13,15). The van der Waals surface area contributed by atoms with Crippen LogP contribution in [0.2, 0.25) is 0 Å². The van der Waals surface area contributed by atoms with Gasteiger partial charge in [0.2, 0.25) is 0 Å². The van der Waals surface area contributed by atoms with E-state index in [0.717, 1.165) is 6.07 Å². The molecule has 0 fully saturated rings. The number of nitrogens with two attached hydrogens (primary N) is 1. The predicted octanol–water partition coefficient (Wildman–Crippen LogP) is 1.17. The number of benzene rings is 1. The van der Waals surface area contributed by atoms with Gasteiger partial charge in [-0.3, -0.25) is 14.9 Å². The van der Waals surface area contributed by atoms with Crippen molar-refractivity contribution in [3.63, 3.8) is 0 Å². The van der Waals surface area contributed by atoms with Crippen molar-refractivity contribution in [1.82, 2.24) is 5.32 Å². The Morgan fingerprint density at radius 2 is 2.18 bits per heavy atom. The molecule has 0 aliphatic heterocycles. The Morgan fingerprint density at radius 1 is 1.53 bits per heavy atom. The second kappa shape index (κ2) is 5.19. The lowest BCUT2D eigenvalue weighted by atomic mass is 10.1. The van der Waals surface area contributed by atoms with Gasteiger partial charge in [0.25, 0.3) is 18.0 Å². The van der Waals surface area contributed by atoms with Gasteiger partial charge in [0.15, 0.2) is 0 Å².